The van der Waals surface area contributed by atoms with Crippen molar-refractivity contribution in [1.29, 1.82) is 0 Å². The molecule has 184 valence electrons. The Bertz CT molecular complexity index is 843. The second-order valence-electron chi connectivity index (χ2n) is 9.00. The molecule has 1 aliphatic carbocycles. The number of nitrogens with one attached hydrogen (secondary N) is 1. The zero-order valence-electron chi connectivity index (χ0n) is 19.2. The molecule has 4 unspecified atom stereocenters. The number of benzene rings is 1. The number of hydrogen-bond acceptors (Lipinski definition) is 6. The molecule has 1 aromatic carbocycles. The number of fused-ring (bicyclic) bond motifs is 1. The molecular formula is C23H34F2N4O4. The number of amides is 2. The molecule has 33 heavy (non-hydrogen) atoms. The molecular weight excluding hydrogens is 434 g/mol. The maximum absolute atomic E-state index is 14.1. The summed E-state index contributed by atoms with van der Waals surface area (Å²) in [5, 5.41) is 12.2. The van der Waals surface area contributed by atoms with Crippen LogP contribution in [-0.4, -0.2) is 77.8 Å². The highest BCUT2D eigenvalue weighted by atomic mass is 19.1. The van der Waals surface area contributed by atoms with Crippen molar-refractivity contribution in [3.8, 4) is 5.75 Å². The standard InChI is InChI=1S/C23H34F2N4O4/c1-14-13-28(23(32)33-22-6-4-18(24)10-19(22)25)21-9-16(17(11-26)12-27-7-8-30)3-5-20(21)29(14)15(2)31/h4,6,10,14,16-17,20-21,27,30H,3,5,7-9,11-13,26H2,1-2H3/t14-,16?,17?,20?,21?/m0/s1. The first-order valence-electron chi connectivity index (χ1n) is 11.5. The van der Waals surface area contributed by atoms with Gasteiger partial charge in [-0.15, -0.1) is 0 Å². The zero-order chi connectivity index (χ0) is 24.1. The molecule has 4 N–H and O–H groups in total. The van der Waals surface area contributed by atoms with Crippen LogP contribution in [0, 0.1) is 23.5 Å². The fourth-order valence-corrected chi connectivity index (χ4v) is 5.36. The molecule has 2 aliphatic rings. The van der Waals surface area contributed by atoms with E-state index in [1.807, 2.05) is 11.8 Å². The van der Waals surface area contributed by atoms with Gasteiger partial charge in [0.25, 0.3) is 0 Å². The Kier molecular flexibility index (Phi) is 8.61. The van der Waals surface area contributed by atoms with Crippen LogP contribution < -0.4 is 15.8 Å². The van der Waals surface area contributed by atoms with E-state index in [0.717, 1.165) is 18.6 Å². The molecule has 1 saturated carbocycles. The van der Waals surface area contributed by atoms with E-state index in [0.29, 0.717) is 38.5 Å². The number of rotatable bonds is 7. The topological polar surface area (TPSA) is 108 Å². The number of carbonyl (C=O) groups is 2. The summed E-state index contributed by atoms with van der Waals surface area (Å²) >= 11 is 0. The normalized spacial score (nSPS) is 26.0. The van der Waals surface area contributed by atoms with Crippen molar-refractivity contribution < 1.29 is 28.2 Å². The quantitative estimate of drug-likeness (QED) is 0.526. The summed E-state index contributed by atoms with van der Waals surface area (Å²) in [4.78, 5) is 28.9. The first kappa shape index (κ1) is 25.3. The first-order chi connectivity index (χ1) is 15.8. The van der Waals surface area contributed by atoms with Crippen molar-refractivity contribution in [2.75, 3.05) is 32.8 Å². The minimum absolute atomic E-state index is 0.0394. The highest BCUT2D eigenvalue weighted by molar-refractivity contribution is 5.76. The van der Waals surface area contributed by atoms with Crippen LogP contribution in [0.15, 0.2) is 18.2 Å². The maximum Gasteiger partial charge on any atom is 0.415 e. The van der Waals surface area contributed by atoms with Crippen molar-refractivity contribution in [3.63, 3.8) is 0 Å². The number of hydrogen-bond donors (Lipinski definition) is 3. The van der Waals surface area contributed by atoms with Gasteiger partial charge >= 0.3 is 6.09 Å². The van der Waals surface area contributed by atoms with Crippen LogP contribution in [0.3, 0.4) is 0 Å². The van der Waals surface area contributed by atoms with Crippen molar-refractivity contribution in [3.05, 3.63) is 29.8 Å². The Morgan fingerprint density at radius 1 is 1.30 bits per heavy atom. The number of carbonyl (C=O) groups excluding carboxylic acids is 2. The molecule has 3 rings (SSSR count). The Morgan fingerprint density at radius 3 is 2.70 bits per heavy atom. The van der Waals surface area contributed by atoms with Crippen LogP contribution in [0.5, 0.6) is 5.75 Å². The molecule has 5 atom stereocenters. The number of halogens is 2. The van der Waals surface area contributed by atoms with E-state index in [2.05, 4.69) is 5.32 Å². The highest BCUT2D eigenvalue weighted by Crippen LogP contribution is 2.39. The van der Waals surface area contributed by atoms with Crippen LogP contribution in [0.25, 0.3) is 0 Å². The highest BCUT2D eigenvalue weighted by Gasteiger charge is 2.47. The minimum Gasteiger partial charge on any atom is -0.407 e. The van der Waals surface area contributed by atoms with Gasteiger partial charge < -0.3 is 30.7 Å². The third kappa shape index (κ3) is 5.80. The van der Waals surface area contributed by atoms with Gasteiger partial charge in [0.2, 0.25) is 5.91 Å². The van der Waals surface area contributed by atoms with Gasteiger partial charge in [-0.1, -0.05) is 0 Å². The Balaban J connectivity index is 1.81. The first-order valence-corrected chi connectivity index (χ1v) is 11.5. The van der Waals surface area contributed by atoms with Crippen LogP contribution in [-0.2, 0) is 4.79 Å². The second kappa shape index (κ2) is 11.2. The van der Waals surface area contributed by atoms with E-state index in [1.54, 1.807) is 4.90 Å². The zero-order valence-corrected chi connectivity index (χ0v) is 19.2. The fourth-order valence-electron chi connectivity index (χ4n) is 5.36. The average Bonchev–Trinajstić information content (AvgIpc) is 2.77. The average molecular weight is 469 g/mol. The molecule has 8 nitrogen and oxygen atoms in total. The Labute approximate surface area is 193 Å². The predicted octanol–water partition coefficient (Wildman–Crippen LogP) is 1.71. The molecule has 1 heterocycles. The lowest BCUT2D eigenvalue weighted by molar-refractivity contribution is -0.142. The van der Waals surface area contributed by atoms with E-state index < -0.39 is 17.7 Å². The summed E-state index contributed by atoms with van der Waals surface area (Å²) in [5.41, 5.74) is 6.03. The second-order valence-corrected chi connectivity index (χ2v) is 9.00. The van der Waals surface area contributed by atoms with Crippen LogP contribution in [0.2, 0.25) is 0 Å². The fraction of sp³-hybridized carbons (Fsp3) is 0.652. The third-order valence-electron chi connectivity index (χ3n) is 6.87. The molecule has 1 aliphatic heterocycles. The molecule has 2 fully saturated rings. The van der Waals surface area contributed by atoms with Crippen molar-refractivity contribution in [2.45, 2.75) is 51.2 Å². The number of nitrogens with zero attached hydrogens (tertiary/aromatic N) is 2. The van der Waals surface area contributed by atoms with E-state index in [9.17, 15) is 18.4 Å². The Hall–Kier alpha value is -2.30. The summed E-state index contributed by atoms with van der Waals surface area (Å²) in [6, 6.07) is 2.11. The van der Waals surface area contributed by atoms with E-state index in [1.165, 1.54) is 6.92 Å². The van der Waals surface area contributed by atoms with E-state index in [4.69, 9.17) is 15.6 Å². The summed E-state index contributed by atoms with van der Waals surface area (Å²) in [6.07, 6.45) is 1.49. The molecule has 0 aromatic heterocycles. The van der Waals surface area contributed by atoms with Crippen molar-refractivity contribution >= 4 is 12.0 Å². The maximum atomic E-state index is 14.1. The molecule has 0 bridgehead atoms. The van der Waals surface area contributed by atoms with Gasteiger partial charge in [-0.3, -0.25) is 4.79 Å². The molecule has 10 heteroatoms. The van der Waals surface area contributed by atoms with Gasteiger partial charge in [0.15, 0.2) is 11.6 Å². The monoisotopic (exact) mass is 468 g/mol. The number of ether oxygens (including phenoxy) is 1. The summed E-state index contributed by atoms with van der Waals surface area (Å²) in [5.74, 6) is -1.73. The molecule has 2 amide bonds. The van der Waals surface area contributed by atoms with Crippen LogP contribution in [0.4, 0.5) is 13.6 Å². The van der Waals surface area contributed by atoms with Gasteiger partial charge in [0.1, 0.15) is 5.82 Å². The summed E-state index contributed by atoms with van der Waals surface area (Å²) in [6.45, 7) is 5.29. The van der Waals surface area contributed by atoms with Gasteiger partial charge in [0, 0.05) is 32.1 Å². The number of nitrogens with two attached hydrogens (primary N) is 1. The summed E-state index contributed by atoms with van der Waals surface area (Å²) < 4.78 is 32.6. The summed E-state index contributed by atoms with van der Waals surface area (Å²) in [7, 11) is 0. The van der Waals surface area contributed by atoms with E-state index in [-0.39, 0.29) is 54.8 Å². The van der Waals surface area contributed by atoms with Gasteiger partial charge in [-0.25, -0.2) is 13.6 Å². The third-order valence-corrected chi connectivity index (χ3v) is 6.87. The largest absolute Gasteiger partial charge is 0.415 e. The molecule has 0 radical (unpaired) electrons. The SMILES string of the molecule is CC(=O)N1C2CCC(C(CN)CNCCO)CC2N(C(=O)Oc2ccc(F)cc2F)C[C@@H]1C. The predicted molar refractivity (Wildman–Crippen MR) is 118 cm³/mol. The lowest BCUT2D eigenvalue weighted by Crippen LogP contribution is -2.67. The van der Waals surface area contributed by atoms with Crippen LogP contribution in [0.1, 0.15) is 33.1 Å². The molecule has 0 spiro atoms. The smallest absolute Gasteiger partial charge is 0.407 e. The van der Waals surface area contributed by atoms with Crippen molar-refractivity contribution in [1.82, 2.24) is 15.1 Å². The van der Waals surface area contributed by atoms with Gasteiger partial charge in [-0.05, 0) is 63.2 Å². The lowest BCUT2D eigenvalue weighted by atomic mass is 9.73. The van der Waals surface area contributed by atoms with E-state index >= 15 is 0 Å². The van der Waals surface area contributed by atoms with Gasteiger partial charge in [-0.2, -0.15) is 0 Å². The van der Waals surface area contributed by atoms with Gasteiger partial charge in [0.05, 0.1) is 18.7 Å². The molecule has 1 aromatic rings. The molecule has 1 saturated heterocycles. The van der Waals surface area contributed by atoms with Crippen molar-refractivity contribution in [2.24, 2.45) is 17.6 Å². The number of aliphatic hydroxyl groups excluding tert-OH is 1. The minimum atomic E-state index is -0.949. The Morgan fingerprint density at radius 2 is 2.06 bits per heavy atom. The van der Waals surface area contributed by atoms with Crippen LogP contribution >= 0.6 is 0 Å². The number of piperazine rings is 1. The lowest BCUT2D eigenvalue weighted by Gasteiger charge is -2.54. The number of aliphatic hydroxyl groups is 1.